The Hall–Kier alpha value is -6.16. The van der Waals surface area contributed by atoms with Gasteiger partial charge in [0.1, 0.15) is 0 Å². The van der Waals surface area contributed by atoms with E-state index in [1.165, 1.54) is 59.1 Å². The summed E-state index contributed by atoms with van der Waals surface area (Å²) in [4.78, 5) is 10.5. The Morgan fingerprint density at radius 3 is 1.85 bits per heavy atom. The molecule has 0 bridgehead atoms. The fourth-order valence-corrected chi connectivity index (χ4v) is 9.20. The van der Waals surface area contributed by atoms with Gasteiger partial charge in [0.25, 0.3) is 0 Å². The molecule has 0 fully saturated rings. The molecule has 0 atom stereocenters. The van der Waals surface area contributed by atoms with Gasteiger partial charge < -0.3 is 0 Å². The Balaban J connectivity index is 1.20. The SMILES string of the molecule is CC1(C)c2ccccc2-c2ccc(-c3cc(-c4cc(-c5ccccc5)cc(-c5cccc6sc7ccccc7c56)c4)nc(-c4ccccc4)n3)cc21. The van der Waals surface area contributed by atoms with Gasteiger partial charge in [0.05, 0.1) is 11.4 Å². The van der Waals surface area contributed by atoms with Crippen LogP contribution in [-0.2, 0) is 5.41 Å². The molecule has 246 valence electrons. The van der Waals surface area contributed by atoms with Gasteiger partial charge in [0, 0.05) is 42.3 Å². The Bertz CT molecular complexity index is 2810. The first-order valence-electron chi connectivity index (χ1n) is 17.8. The number of aromatic nitrogens is 2. The van der Waals surface area contributed by atoms with Gasteiger partial charge in [0.15, 0.2) is 5.82 Å². The molecule has 52 heavy (non-hydrogen) atoms. The maximum atomic E-state index is 5.30. The van der Waals surface area contributed by atoms with Gasteiger partial charge in [-0.15, -0.1) is 11.3 Å². The van der Waals surface area contributed by atoms with E-state index in [0.29, 0.717) is 5.82 Å². The molecule has 0 N–H and O–H groups in total. The minimum atomic E-state index is -0.105. The standard InChI is InChI=1S/C49H34N2S/c1-49(2)41-21-11-9-18-38(41)39-25-24-33(29-42(39)49)43-30-44(51-48(50-43)32-16-7-4-8-17-32)36-27-34(31-14-5-3-6-15-31)26-35(28-36)37-20-13-23-46-47(37)40-19-10-12-22-45(40)52-46/h3-30H,1-2H3. The fourth-order valence-electron chi connectivity index (χ4n) is 8.07. The van der Waals surface area contributed by atoms with Crippen molar-refractivity contribution in [2.45, 2.75) is 19.3 Å². The average molecular weight is 683 g/mol. The molecule has 9 aromatic rings. The molecule has 3 heteroatoms. The summed E-state index contributed by atoms with van der Waals surface area (Å²) in [5.41, 5.74) is 14.9. The van der Waals surface area contributed by atoms with Crippen LogP contribution < -0.4 is 0 Å². The highest BCUT2D eigenvalue weighted by atomic mass is 32.1. The van der Waals surface area contributed by atoms with E-state index in [4.69, 9.17) is 9.97 Å². The van der Waals surface area contributed by atoms with Crippen LogP contribution in [0.25, 0.3) is 87.5 Å². The predicted octanol–water partition coefficient (Wildman–Crippen LogP) is 13.5. The molecular formula is C49H34N2S. The van der Waals surface area contributed by atoms with E-state index in [9.17, 15) is 0 Å². The number of thiophene rings is 1. The lowest BCUT2D eigenvalue weighted by Crippen LogP contribution is -2.14. The van der Waals surface area contributed by atoms with E-state index >= 15 is 0 Å². The molecule has 2 heterocycles. The lowest BCUT2D eigenvalue weighted by atomic mass is 9.82. The average Bonchev–Trinajstić information content (AvgIpc) is 3.70. The van der Waals surface area contributed by atoms with Crippen LogP contribution in [0.5, 0.6) is 0 Å². The quantitative estimate of drug-likeness (QED) is 0.181. The normalized spacial score (nSPS) is 13.0. The summed E-state index contributed by atoms with van der Waals surface area (Å²) >= 11 is 1.85. The first-order valence-corrected chi connectivity index (χ1v) is 18.6. The van der Waals surface area contributed by atoms with E-state index < -0.39 is 0 Å². The van der Waals surface area contributed by atoms with Crippen LogP contribution in [0.4, 0.5) is 0 Å². The summed E-state index contributed by atoms with van der Waals surface area (Å²) in [6.07, 6.45) is 0. The molecule has 0 aliphatic heterocycles. The Labute approximate surface area is 307 Å². The van der Waals surface area contributed by atoms with Crippen LogP contribution in [-0.4, -0.2) is 9.97 Å². The van der Waals surface area contributed by atoms with Crippen molar-refractivity contribution in [2.24, 2.45) is 0 Å². The first kappa shape index (κ1) is 30.6. The topological polar surface area (TPSA) is 25.8 Å². The van der Waals surface area contributed by atoms with Crippen LogP contribution in [0, 0.1) is 0 Å². The zero-order valence-electron chi connectivity index (χ0n) is 29.0. The number of rotatable bonds is 5. The fraction of sp³-hybridized carbons (Fsp3) is 0.0612. The van der Waals surface area contributed by atoms with E-state index in [-0.39, 0.29) is 5.41 Å². The predicted molar refractivity (Wildman–Crippen MR) is 220 cm³/mol. The van der Waals surface area contributed by atoms with Gasteiger partial charge in [0.2, 0.25) is 0 Å². The van der Waals surface area contributed by atoms with Gasteiger partial charge in [-0.1, -0.05) is 141 Å². The molecule has 2 aromatic heterocycles. The molecule has 0 saturated heterocycles. The van der Waals surface area contributed by atoms with Gasteiger partial charge in [-0.2, -0.15) is 0 Å². The molecule has 1 aliphatic carbocycles. The smallest absolute Gasteiger partial charge is 0.160 e. The van der Waals surface area contributed by atoms with Crippen molar-refractivity contribution in [3.05, 3.63) is 181 Å². The van der Waals surface area contributed by atoms with Crippen molar-refractivity contribution >= 4 is 31.5 Å². The molecule has 0 spiro atoms. The summed E-state index contributed by atoms with van der Waals surface area (Å²) < 4.78 is 2.60. The number of nitrogens with zero attached hydrogens (tertiary/aromatic N) is 2. The second kappa shape index (κ2) is 12.0. The van der Waals surface area contributed by atoms with E-state index in [1.807, 2.05) is 17.4 Å². The van der Waals surface area contributed by atoms with Crippen molar-refractivity contribution in [1.29, 1.82) is 0 Å². The van der Waals surface area contributed by atoms with Crippen LogP contribution in [0.3, 0.4) is 0 Å². The zero-order chi connectivity index (χ0) is 34.8. The maximum Gasteiger partial charge on any atom is 0.160 e. The van der Waals surface area contributed by atoms with Crippen LogP contribution in [0.1, 0.15) is 25.0 Å². The van der Waals surface area contributed by atoms with Crippen molar-refractivity contribution in [2.75, 3.05) is 0 Å². The lowest BCUT2D eigenvalue weighted by Gasteiger charge is -2.22. The summed E-state index contributed by atoms with van der Waals surface area (Å²) in [7, 11) is 0. The van der Waals surface area contributed by atoms with E-state index in [1.54, 1.807) is 0 Å². The summed E-state index contributed by atoms with van der Waals surface area (Å²) in [6.45, 7) is 4.66. The molecular weight excluding hydrogens is 649 g/mol. The summed E-state index contributed by atoms with van der Waals surface area (Å²) in [5.74, 6) is 0.716. The number of fused-ring (bicyclic) bond motifs is 6. The van der Waals surface area contributed by atoms with E-state index in [2.05, 4.69) is 178 Å². The van der Waals surface area contributed by atoms with Crippen molar-refractivity contribution < 1.29 is 0 Å². The third-order valence-corrected chi connectivity index (χ3v) is 11.8. The molecule has 7 aromatic carbocycles. The number of hydrogen-bond donors (Lipinski definition) is 0. The molecule has 0 amide bonds. The van der Waals surface area contributed by atoms with Gasteiger partial charge >= 0.3 is 0 Å². The molecule has 0 unspecified atom stereocenters. The summed E-state index contributed by atoms with van der Waals surface area (Å²) in [5, 5.41) is 2.59. The molecule has 10 rings (SSSR count). The monoisotopic (exact) mass is 682 g/mol. The Morgan fingerprint density at radius 2 is 1.02 bits per heavy atom. The Morgan fingerprint density at radius 1 is 0.404 bits per heavy atom. The summed E-state index contributed by atoms with van der Waals surface area (Å²) in [6, 6.07) is 61.2. The molecule has 0 radical (unpaired) electrons. The van der Waals surface area contributed by atoms with E-state index in [0.717, 1.165) is 33.6 Å². The van der Waals surface area contributed by atoms with Crippen molar-refractivity contribution in [3.63, 3.8) is 0 Å². The second-order valence-electron chi connectivity index (χ2n) is 14.2. The number of hydrogen-bond acceptors (Lipinski definition) is 3. The number of benzene rings is 7. The first-order chi connectivity index (χ1) is 25.5. The highest BCUT2D eigenvalue weighted by molar-refractivity contribution is 7.25. The largest absolute Gasteiger partial charge is 0.228 e. The van der Waals surface area contributed by atoms with Crippen LogP contribution in [0.15, 0.2) is 170 Å². The van der Waals surface area contributed by atoms with Crippen molar-refractivity contribution in [1.82, 2.24) is 9.97 Å². The molecule has 2 nitrogen and oxygen atoms in total. The third-order valence-electron chi connectivity index (χ3n) is 10.7. The van der Waals surface area contributed by atoms with Crippen LogP contribution in [0.2, 0.25) is 0 Å². The van der Waals surface area contributed by atoms with Gasteiger partial charge in [-0.25, -0.2) is 9.97 Å². The molecule has 1 aliphatic rings. The van der Waals surface area contributed by atoms with Crippen LogP contribution >= 0.6 is 11.3 Å². The third kappa shape index (κ3) is 5.00. The van der Waals surface area contributed by atoms with Gasteiger partial charge in [-0.05, 0) is 87.0 Å². The minimum Gasteiger partial charge on any atom is -0.228 e. The molecule has 0 saturated carbocycles. The highest BCUT2D eigenvalue weighted by Gasteiger charge is 2.35. The zero-order valence-corrected chi connectivity index (χ0v) is 29.8. The minimum absolute atomic E-state index is 0.105. The maximum absolute atomic E-state index is 5.30. The second-order valence-corrected chi connectivity index (χ2v) is 15.3. The van der Waals surface area contributed by atoms with Gasteiger partial charge in [-0.3, -0.25) is 0 Å². The Kier molecular flexibility index (Phi) is 7.06. The highest BCUT2D eigenvalue weighted by Crippen LogP contribution is 2.50. The van der Waals surface area contributed by atoms with Crippen molar-refractivity contribution in [3.8, 4) is 67.3 Å². The lowest BCUT2D eigenvalue weighted by molar-refractivity contribution is 0.660.